The Balaban J connectivity index is 0.000000377. The SMILES string of the molecule is COC(C)(C)C.N=Cc1ccc(-c2noc(C3CN(C=O)C3)n2)cc1NC1COC1. The van der Waals surface area contributed by atoms with Gasteiger partial charge in [0.1, 0.15) is 0 Å². The molecule has 4 rings (SSSR count). The summed E-state index contributed by atoms with van der Waals surface area (Å²) in [6.45, 7) is 8.64. The first-order valence-electron chi connectivity index (χ1n) is 9.90. The van der Waals surface area contributed by atoms with E-state index in [0.717, 1.165) is 23.2 Å². The van der Waals surface area contributed by atoms with E-state index >= 15 is 0 Å². The molecule has 0 radical (unpaired) electrons. The number of methoxy groups -OCH3 is 1. The average molecular weight is 415 g/mol. The van der Waals surface area contributed by atoms with E-state index < -0.39 is 0 Å². The van der Waals surface area contributed by atoms with Gasteiger partial charge in [-0.05, 0) is 26.8 Å². The van der Waals surface area contributed by atoms with Gasteiger partial charge < -0.3 is 29.6 Å². The quantitative estimate of drug-likeness (QED) is 0.550. The van der Waals surface area contributed by atoms with Crippen molar-refractivity contribution in [1.82, 2.24) is 15.0 Å². The van der Waals surface area contributed by atoms with E-state index in [2.05, 4.69) is 15.5 Å². The number of benzene rings is 1. The predicted molar refractivity (Wildman–Crippen MR) is 113 cm³/mol. The van der Waals surface area contributed by atoms with Gasteiger partial charge in [-0.1, -0.05) is 17.3 Å². The van der Waals surface area contributed by atoms with Crippen molar-refractivity contribution >= 4 is 18.3 Å². The number of ether oxygens (including phenoxy) is 2. The number of hydrogen-bond donors (Lipinski definition) is 2. The van der Waals surface area contributed by atoms with Gasteiger partial charge in [-0.3, -0.25) is 4.79 Å². The fourth-order valence-electron chi connectivity index (χ4n) is 2.76. The van der Waals surface area contributed by atoms with Crippen molar-refractivity contribution in [2.45, 2.75) is 38.3 Å². The molecule has 0 bridgehead atoms. The van der Waals surface area contributed by atoms with Crippen molar-refractivity contribution in [2.75, 3.05) is 38.7 Å². The standard InChI is InChI=1S/C16H17N5O3.C5H12O/c17-4-11-2-1-10(3-14(11)18-13-7-23-8-13)15-19-16(24-20-15)12-5-21(6-12)9-22;1-5(2,3)6-4/h1-4,9,12-13,17-18H,5-8H2;1-4H3. The summed E-state index contributed by atoms with van der Waals surface area (Å²) in [7, 11) is 1.71. The van der Waals surface area contributed by atoms with Crippen LogP contribution in [-0.4, -0.2) is 72.7 Å². The van der Waals surface area contributed by atoms with Crippen LogP contribution < -0.4 is 5.32 Å². The second-order valence-electron chi connectivity index (χ2n) is 8.35. The van der Waals surface area contributed by atoms with E-state index in [1.54, 1.807) is 12.0 Å². The van der Waals surface area contributed by atoms with Crippen LogP contribution in [0.4, 0.5) is 5.69 Å². The number of anilines is 1. The summed E-state index contributed by atoms with van der Waals surface area (Å²) in [4.78, 5) is 16.7. The second kappa shape index (κ2) is 9.36. The molecular formula is C21H29N5O4. The molecule has 9 nitrogen and oxygen atoms in total. The Labute approximate surface area is 176 Å². The lowest BCUT2D eigenvalue weighted by Gasteiger charge is -2.33. The molecule has 9 heteroatoms. The van der Waals surface area contributed by atoms with Crippen LogP contribution in [0.15, 0.2) is 22.7 Å². The van der Waals surface area contributed by atoms with Crippen molar-refractivity contribution in [2.24, 2.45) is 0 Å². The highest BCUT2D eigenvalue weighted by molar-refractivity contribution is 5.87. The summed E-state index contributed by atoms with van der Waals surface area (Å²) < 4.78 is 15.4. The van der Waals surface area contributed by atoms with Crippen LogP contribution in [0.1, 0.15) is 38.1 Å². The van der Waals surface area contributed by atoms with Gasteiger partial charge in [-0.2, -0.15) is 4.98 Å². The summed E-state index contributed by atoms with van der Waals surface area (Å²) in [6, 6.07) is 5.92. The Morgan fingerprint density at radius 3 is 2.53 bits per heavy atom. The normalized spacial score (nSPS) is 16.7. The first-order valence-corrected chi connectivity index (χ1v) is 9.90. The zero-order chi connectivity index (χ0) is 21.7. The van der Waals surface area contributed by atoms with Gasteiger partial charge in [0.15, 0.2) is 0 Å². The largest absolute Gasteiger partial charge is 0.379 e. The number of amides is 1. The minimum atomic E-state index is 0.0417. The number of nitrogens with zero attached hydrogens (tertiary/aromatic N) is 3. The van der Waals surface area contributed by atoms with E-state index in [9.17, 15) is 4.79 Å². The molecule has 2 fully saturated rings. The number of rotatable bonds is 6. The average Bonchev–Trinajstić information content (AvgIpc) is 3.13. The maximum absolute atomic E-state index is 10.6. The Kier molecular flexibility index (Phi) is 6.84. The molecule has 162 valence electrons. The van der Waals surface area contributed by atoms with Crippen molar-refractivity contribution in [3.8, 4) is 11.4 Å². The van der Waals surface area contributed by atoms with E-state index in [-0.39, 0.29) is 17.6 Å². The third-order valence-electron chi connectivity index (χ3n) is 4.93. The molecule has 0 saturated carbocycles. The number of carbonyl (C=O) groups is 1. The summed E-state index contributed by atoms with van der Waals surface area (Å²) in [5.74, 6) is 1.18. The molecule has 2 N–H and O–H groups in total. The maximum Gasteiger partial charge on any atom is 0.233 e. The third kappa shape index (κ3) is 5.43. The highest BCUT2D eigenvalue weighted by atomic mass is 16.5. The molecule has 1 amide bonds. The Morgan fingerprint density at radius 2 is 2.00 bits per heavy atom. The summed E-state index contributed by atoms with van der Waals surface area (Å²) in [5, 5.41) is 14.9. The predicted octanol–water partition coefficient (Wildman–Crippen LogP) is 2.53. The molecule has 2 aliphatic heterocycles. The second-order valence-corrected chi connectivity index (χ2v) is 8.35. The number of hydrogen-bond acceptors (Lipinski definition) is 8. The van der Waals surface area contributed by atoms with Gasteiger partial charge in [0.25, 0.3) is 0 Å². The molecule has 1 aromatic heterocycles. The lowest BCUT2D eigenvalue weighted by molar-refractivity contribution is -0.122. The Bertz CT molecular complexity index is 867. The van der Waals surface area contributed by atoms with Crippen LogP contribution >= 0.6 is 0 Å². The highest BCUT2D eigenvalue weighted by Crippen LogP contribution is 2.28. The van der Waals surface area contributed by atoms with E-state index in [1.807, 2.05) is 39.0 Å². The van der Waals surface area contributed by atoms with E-state index in [0.29, 0.717) is 38.0 Å². The van der Waals surface area contributed by atoms with Gasteiger partial charge >= 0.3 is 0 Å². The zero-order valence-corrected chi connectivity index (χ0v) is 17.8. The van der Waals surface area contributed by atoms with Crippen LogP contribution in [0.2, 0.25) is 0 Å². The fraction of sp³-hybridized carbons (Fsp3) is 0.524. The van der Waals surface area contributed by atoms with Crippen LogP contribution in [0.5, 0.6) is 0 Å². The number of carbonyl (C=O) groups excluding carboxylic acids is 1. The Morgan fingerprint density at radius 1 is 1.30 bits per heavy atom. The Hall–Kier alpha value is -2.78. The summed E-state index contributed by atoms with van der Waals surface area (Å²) in [5.41, 5.74) is 2.53. The highest BCUT2D eigenvalue weighted by Gasteiger charge is 2.31. The molecular weight excluding hydrogens is 386 g/mol. The summed E-state index contributed by atoms with van der Waals surface area (Å²) >= 11 is 0. The molecule has 30 heavy (non-hydrogen) atoms. The number of likely N-dealkylation sites (tertiary alicyclic amines) is 1. The molecule has 0 unspecified atom stereocenters. The monoisotopic (exact) mass is 415 g/mol. The fourth-order valence-corrected chi connectivity index (χ4v) is 2.76. The van der Waals surface area contributed by atoms with Crippen LogP contribution in [0.3, 0.4) is 0 Å². The number of nitrogens with one attached hydrogen (secondary N) is 2. The third-order valence-corrected chi connectivity index (χ3v) is 4.93. The molecule has 3 heterocycles. The first-order chi connectivity index (χ1) is 14.3. The minimum absolute atomic E-state index is 0.0417. The van der Waals surface area contributed by atoms with Crippen molar-refractivity contribution in [3.05, 3.63) is 29.7 Å². The minimum Gasteiger partial charge on any atom is -0.379 e. The van der Waals surface area contributed by atoms with Crippen LogP contribution in [0.25, 0.3) is 11.4 Å². The first kappa shape index (κ1) is 21.9. The molecule has 2 aromatic rings. The lowest BCUT2D eigenvalue weighted by Crippen LogP contribution is -2.43. The molecule has 0 aliphatic carbocycles. The lowest BCUT2D eigenvalue weighted by atomic mass is 10.0. The molecule has 0 spiro atoms. The van der Waals surface area contributed by atoms with Crippen LogP contribution in [-0.2, 0) is 14.3 Å². The van der Waals surface area contributed by atoms with Gasteiger partial charge in [-0.25, -0.2) is 0 Å². The molecule has 1 aromatic carbocycles. The molecule has 0 atom stereocenters. The van der Waals surface area contributed by atoms with E-state index in [1.165, 1.54) is 6.21 Å². The van der Waals surface area contributed by atoms with Crippen LogP contribution in [0, 0.1) is 5.41 Å². The van der Waals surface area contributed by atoms with Crippen molar-refractivity contribution in [3.63, 3.8) is 0 Å². The maximum atomic E-state index is 10.6. The number of aromatic nitrogens is 2. The van der Waals surface area contributed by atoms with Crippen molar-refractivity contribution in [1.29, 1.82) is 5.41 Å². The smallest absolute Gasteiger partial charge is 0.233 e. The summed E-state index contributed by atoms with van der Waals surface area (Å²) in [6.07, 6.45) is 2.14. The van der Waals surface area contributed by atoms with Crippen molar-refractivity contribution < 1.29 is 18.8 Å². The van der Waals surface area contributed by atoms with Gasteiger partial charge in [-0.15, -0.1) is 0 Å². The van der Waals surface area contributed by atoms with Gasteiger partial charge in [0.2, 0.25) is 18.1 Å². The topological polar surface area (TPSA) is 114 Å². The van der Waals surface area contributed by atoms with Gasteiger partial charge in [0, 0.05) is 43.2 Å². The molecule has 2 saturated heterocycles. The zero-order valence-electron chi connectivity index (χ0n) is 17.8. The van der Waals surface area contributed by atoms with E-state index in [4.69, 9.17) is 19.4 Å². The van der Waals surface area contributed by atoms with Gasteiger partial charge in [0.05, 0.1) is 30.8 Å². The molecule has 2 aliphatic rings.